The highest BCUT2D eigenvalue weighted by atomic mass is 16.3. The van der Waals surface area contributed by atoms with E-state index in [2.05, 4.69) is 0 Å². The average Bonchev–Trinajstić information content (AvgIpc) is 2.47. The zero-order valence-corrected chi connectivity index (χ0v) is 11.4. The van der Waals surface area contributed by atoms with E-state index in [4.69, 9.17) is 5.73 Å². The number of amides is 1. The van der Waals surface area contributed by atoms with Crippen LogP contribution in [0.25, 0.3) is 0 Å². The molecule has 1 aliphatic carbocycles. The van der Waals surface area contributed by atoms with Crippen molar-refractivity contribution in [2.75, 3.05) is 18.5 Å². The van der Waals surface area contributed by atoms with Gasteiger partial charge in [-0.3, -0.25) is 4.79 Å². The van der Waals surface area contributed by atoms with Crippen molar-refractivity contribution in [3.8, 4) is 5.75 Å². The Morgan fingerprint density at radius 1 is 1.26 bits per heavy atom. The second kappa shape index (κ2) is 5.61. The van der Waals surface area contributed by atoms with Gasteiger partial charge in [0, 0.05) is 19.3 Å². The predicted octanol–water partition coefficient (Wildman–Crippen LogP) is 2.26. The minimum atomic E-state index is -0.398. The molecule has 0 radical (unpaired) electrons. The minimum absolute atomic E-state index is 0.0976. The first-order valence-corrected chi connectivity index (χ1v) is 6.86. The van der Waals surface area contributed by atoms with Crippen LogP contribution in [0, 0.1) is 5.41 Å². The van der Waals surface area contributed by atoms with Crippen molar-refractivity contribution >= 4 is 11.6 Å². The summed E-state index contributed by atoms with van der Waals surface area (Å²) in [5, 5.41) is 9.30. The first-order chi connectivity index (χ1) is 9.09. The molecule has 0 bridgehead atoms. The third-order valence-corrected chi connectivity index (χ3v) is 4.20. The fourth-order valence-corrected chi connectivity index (χ4v) is 2.88. The third kappa shape index (κ3) is 2.73. The van der Waals surface area contributed by atoms with Gasteiger partial charge in [-0.25, -0.2) is 0 Å². The molecule has 19 heavy (non-hydrogen) atoms. The molecule has 104 valence electrons. The van der Waals surface area contributed by atoms with Crippen molar-refractivity contribution in [1.82, 2.24) is 0 Å². The van der Waals surface area contributed by atoms with Crippen molar-refractivity contribution in [3.05, 3.63) is 24.3 Å². The predicted molar refractivity (Wildman–Crippen MR) is 76.1 cm³/mol. The molecule has 4 nitrogen and oxygen atoms in total. The Bertz CT molecular complexity index is 436. The number of rotatable bonds is 3. The van der Waals surface area contributed by atoms with Gasteiger partial charge in [0.25, 0.3) is 0 Å². The van der Waals surface area contributed by atoms with Gasteiger partial charge in [0.1, 0.15) is 5.75 Å². The molecule has 1 fully saturated rings. The van der Waals surface area contributed by atoms with Crippen LogP contribution in [0.15, 0.2) is 24.3 Å². The van der Waals surface area contributed by atoms with Gasteiger partial charge < -0.3 is 15.7 Å². The first-order valence-electron chi connectivity index (χ1n) is 6.86. The third-order valence-electron chi connectivity index (χ3n) is 4.20. The number of nitrogens with zero attached hydrogens (tertiary/aromatic N) is 1. The molecule has 3 N–H and O–H groups in total. The fourth-order valence-electron chi connectivity index (χ4n) is 2.88. The van der Waals surface area contributed by atoms with Gasteiger partial charge in [-0.2, -0.15) is 0 Å². The van der Waals surface area contributed by atoms with E-state index >= 15 is 0 Å². The summed E-state index contributed by atoms with van der Waals surface area (Å²) in [5.41, 5.74) is 6.29. The molecule has 1 aromatic rings. The number of hydrogen-bond acceptors (Lipinski definition) is 3. The second-order valence-electron chi connectivity index (χ2n) is 5.43. The molecular weight excluding hydrogens is 240 g/mol. The number of hydrogen-bond donors (Lipinski definition) is 2. The van der Waals surface area contributed by atoms with E-state index in [-0.39, 0.29) is 11.7 Å². The monoisotopic (exact) mass is 262 g/mol. The summed E-state index contributed by atoms with van der Waals surface area (Å²) in [6.45, 7) is 0.411. The summed E-state index contributed by atoms with van der Waals surface area (Å²) >= 11 is 0. The number of benzene rings is 1. The van der Waals surface area contributed by atoms with Gasteiger partial charge >= 0.3 is 0 Å². The van der Waals surface area contributed by atoms with Crippen LogP contribution in [0.5, 0.6) is 5.75 Å². The van der Waals surface area contributed by atoms with Crippen LogP contribution in [0.1, 0.15) is 32.1 Å². The molecule has 0 unspecified atom stereocenters. The quantitative estimate of drug-likeness (QED) is 0.878. The normalized spacial score (nSPS) is 18.0. The maximum Gasteiger partial charge on any atom is 0.234 e. The van der Waals surface area contributed by atoms with Gasteiger partial charge in [0.15, 0.2) is 0 Å². The number of carbonyl (C=O) groups excluding carboxylic acids is 1. The van der Waals surface area contributed by atoms with E-state index in [9.17, 15) is 9.90 Å². The van der Waals surface area contributed by atoms with Crippen molar-refractivity contribution in [2.24, 2.45) is 11.1 Å². The highest BCUT2D eigenvalue weighted by Crippen LogP contribution is 2.37. The largest absolute Gasteiger partial charge is 0.508 e. The van der Waals surface area contributed by atoms with E-state index in [1.165, 1.54) is 6.42 Å². The summed E-state index contributed by atoms with van der Waals surface area (Å²) in [5.74, 6) is 0.302. The van der Waals surface area contributed by atoms with Crippen LogP contribution in [-0.4, -0.2) is 24.6 Å². The topological polar surface area (TPSA) is 66.6 Å². The number of anilines is 1. The fraction of sp³-hybridized carbons (Fsp3) is 0.533. The van der Waals surface area contributed by atoms with Crippen molar-refractivity contribution in [1.29, 1.82) is 0 Å². The van der Waals surface area contributed by atoms with Crippen LogP contribution >= 0.6 is 0 Å². The van der Waals surface area contributed by atoms with Crippen molar-refractivity contribution in [3.63, 3.8) is 0 Å². The van der Waals surface area contributed by atoms with Gasteiger partial charge in [0.05, 0.1) is 5.41 Å². The maximum atomic E-state index is 12.7. The van der Waals surface area contributed by atoms with Crippen LogP contribution in [0.4, 0.5) is 5.69 Å². The molecular formula is C15H22N2O2. The summed E-state index contributed by atoms with van der Waals surface area (Å²) < 4.78 is 0. The molecule has 0 aliphatic heterocycles. The Hall–Kier alpha value is -1.55. The summed E-state index contributed by atoms with van der Waals surface area (Å²) in [7, 11) is 1.78. The standard InChI is InChI=1S/C15H22N2O2/c1-17(12-5-7-13(18)8-6-12)14(19)15(11-16)9-3-2-4-10-15/h5-8,18H,2-4,9-11,16H2,1H3. The molecule has 0 aromatic heterocycles. The average molecular weight is 262 g/mol. The molecule has 0 saturated heterocycles. The van der Waals surface area contributed by atoms with Gasteiger partial charge in [0.2, 0.25) is 5.91 Å². The molecule has 0 heterocycles. The van der Waals surface area contributed by atoms with Gasteiger partial charge in [-0.05, 0) is 37.1 Å². The molecule has 1 aromatic carbocycles. The zero-order valence-electron chi connectivity index (χ0n) is 11.4. The number of phenols is 1. The Labute approximate surface area is 114 Å². The van der Waals surface area contributed by atoms with Gasteiger partial charge in [-0.15, -0.1) is 0 Å². The number of aromatic hydroxyl groups is 1. The lowest BCUT2D eigenvalue weighted by molar-refractivity contribution is -0.129. The van der Waals surface area contributed by atoms with Crippen LogP contribution < -0.4 is 10.6 Å². The first kappa shape index (κ1) is 13.9. The van der Waals surface area contributed by atoms with Crippen LogP contribution in [0.2, 0.25) is 0 Å². The number of carbonyl (C=O) groups is 1. The minimum Gasteiger partial charge on any atom is -0.508 e. The lowest BCUT2D eigenvalue weighted by Gasteiger charge is -2.37. The molecule has 0 atom stereocenters. The highest BCUT2D eigenvalue weighted by Gasteiger charge is 2.40. The summed E-state index contributed by atoms with van der Waals surface area (Å²) in [6.07, 6.45) is 5.10. The second-order valence-corrected chi connectivity index (χ2v) is 5.43. The Balaban J connectivity index is 2.19. The molecule has 2 rings (SSSR count). The Morgan fingerprint density at radius 3 is 2.37 bits per heavy atom. The lowest BCUT2D eigenvalue weighted by atomic mass is 9.73. The van der Waals surface area contributed by atoms with E-state index in [0.29, 0.717) is 6.54 Å². The molecule has 4 heteroatoms. The Kier molecular flexibility index (Phi) is 4.10. The lowest BCUT2D eigenvalue weighted by Crippen LogP contribution is -2.48. The maximum absolute atomic E-state index is 12.7. The molecule has 0 spiro atoms. The summed E-state index contributed by atoms with van der Waals surface area (Å²) in [4.78, 5) is 14.4. The molecule has 1 saturated carbocycles. The molecule has 1 amide bonds. The number of phenolic OH excluding ortho intramolecular Hbond substituents is 1. The van der Waals surface area contributed by atoms with Gasteiger partial charge in [-0.1, -0.05) is 19.3 Å². The zero-order chi connectivity index (χ0) is 13.9. The SMILES string of the molecule is CN(C(=O)C1(CN)CCCCC1)c1ccc(O)cc1. The van der Waals surface area contributed by atoms with E-state index in [1.807, 2.05) is 0 Å². The van der Waals surface area contributed by atoms with Crippen molar-refractivity contribution in [2.45, 2.75) is 32.1 Å². The Morgan fingerprint density at radius 2 is 1.84 bits per heavy atom. The highest BCUT2D eigenvalue weighted by molar-refractivity contribution is 5.97. The van der Waals surface area contributed by atoms with Crippen molar-refractivity contribution < 1.29 is 9.90 Å². The summed E-state index contributed by atoms with van der Waals surface area (Å²) in [6, 6.07) is 6.69. The van der Waals surface area contributed by atoms with Crippen LogP contribution in [0.3, 0.4) is 0 Å². The van der Waals surface area contributed by atoms with E-state index in [1.54, 1.807) is 36.2 Å². The smallest absolute Gasteiger partial charge is 0.234 e. The van der Waals surface area contributed by atoms with E-state index in [0.717, 1.165) is 31.4 Å². The molecule has 1 aliphatic rings. The number of nitrogens with two attached hydrogens (primary N) is 1. The van der Waals surface area contributed by atoms with Crippen LogP contribution in [-0.2, 0) is 4.79 Å². The van der Waals surface area contributed by atoms with E-state index < -0.39 is 5.41 Å².